The number of carbonyl (C=O) groups is 1. The average molecular weight is 359 g/mol. The standard InChI is InChI=1S/C18H21N3O3S/c1-23-14-7-6-11(8-15(14)24-12-4-2-3-5-12)17-13-9-19-21-18(13)20-16(22)10-25-17/h6-9,12,17H,2-5,10H2,1H3,(H2,19,20,21,22)/t17-/m1/s1. The summed E-state index contributed by atoms with van der Waals surface area (Å²) in [6, 6.07) is 6.02. The SMILES string of the molecule is COc1ccc([C@H]2SCC(=O)Nc3[nH]ncc32)cc1OC1CCCC1. The number of hydrogen-bond acceptors (Lipinski definition) is 5. The highest BCUT2D eigenvalue weighted by molar-refractivity contribution is 8.00. The van der Waals surface area contributed by atoms with E-state index in [1.54, 1.807) is 25.1 Å². The van der Waals surface area contributed by atoms with Crippen molar-refractivity contribution < 1.29 is 14.3 Å². The predicted octanol–water partition coefficient (Wildman–Crippen LogP) is 3.51. The second-order valence-corrected chi connectivity index (χ2v) is 7.47. The molecule has 2 N–H and O–H groups in total. The highest BCUT2D eigenvalue weighted by atomic mass is 32.2. The third kappa shape index (κ3) is 3.33. The largest absolute Gasteiger partial charge is 0.493 e. The van der Waals surface area contributed by atoms with Gasteiger partial charge in [0.25, 0.3) is 0 Å². The molecule has 1 aliphatic carbocycles. The Hall–Kier alpha value is -2.15. The number of benzene rings is 1. The highest BCUT2D eigenvalue weighted by Crippen LogP contribution is 2.43. The maximum atomic E-state index is 11.9. The smallest absolute Gasteiger partial charge is 0.235 e. The lowest BCUT2D eigenvalue weighted by molar-refractivity contribution is -0.113. The zero-order chi connectivity index (χ0) is 17.2. The molecule has 4 rings (SSSR count). The molecule has 132 valence electrons. The summed E-state index contributed by atoms with van der Waals surface area (Å²) in [6.45, 7) is 0. The number of hydrogen-bond donors (Lipinski definition) is 2. The molecule has 1 amide bonds. The first kappa shape index (κ1) is 16.3. The lowest BCUT2D eigenvalue weighted by Gasteiger charge is -2.19. The van der Waals surface area contributed by atoms with E-state index in [4.69, 9.17) is 9.47 Å². The summed E-state index contributed by atoms with van der Waals surface area (Å²) < 4.78 is 11.7. The van der Waals surface area contributed by atoms with Gasteiger partial charge in [0.1, 0.15) is 5.82 Å². The zero-order valence-corrected chi connectivity index (χ0v) is 14.9. The number of anilines is 1. The van der Waals surface area contributed by atoms with E-state index < -0.39 is 0 Å². The molecule has 0 radical (unpaired) electrons. The van der Waals surface area contributed by atoms with Crippen molar-refractivity contribution in [2.75, 3.05) is 18.2 Å². The molecular weight excluding hydrogens is 338 g/mol. The van der Waals surface area contributed by atoms with E-state index in [0.717, 1.165) is 35.5 Å². The molecule has 0 bridgehead atoms. The van der Waals surface area contributed by atoms with E-state index in [1.807, 2.05) is 18.2 Å². The molecule has 1 atom stereocenters. The molecule has 7 heteroatoms. The monoisotopic (exact) mass is 359 g/mol. The number of rotatable bonds is 4. The molecule has 25 heavy (non-hydrogen) atoms. The molecule has 1 aromatic carbocycles. The molecule has 0 saturated heterocycles. The third-order valence-electron chi connectivity index (χ3n) is 4.68. The van der Waals surface area contributed by atoms with Crippen LogP contribution in [0, 0.1) is 0 Å². The summed E-state index contributed by atoms with van der Waals surface area (Å²) in [5.74, 6) is 2.58. The summed E-state index contributed by atoms with van der Waals surface area (Å²) in [5, 5.41) is 9.84. The van der Waals surface area contributed by atoms with E-state index >= 15 is 0 Å². The highest BCUT2D eigenvalue weighted by Gasteiger charge is 2.27. The fourth-order valence-electron chi connectivity index (χ4n) is 3.43. The van der Waals surface area contributed by atoms with Crippen LogP contribution in [0.3, 0.4) is 0 Å². The number of aromatic amines is 1. The number of aromatic nitrogens is 2. The fraction of sp³-hybridized carbons (Fsp3) is 0.444. The topological polar surface area (TPSA) is 76.2 Å². The van der Waals surface area contributed by atoms with Crippen molar-refractivity contribution in [2.45, 2.75) is 37.0 Å². The Kier molecular flexibility index (Phi) is 4.57. The first-order chi connectivity index (χ1) is 12.2. The van der Waals surface area contributed by atoms with Gasteiger partial charge in [-0.2, -0.15) is 5.10 Å². The Balaban J connectivity index is 1.67. The van der Waals surface area contributed by atoms with Crippen LogP contribution in [0.5, 0.6) is 11.5 Å². The van der Waals surface area contributed by atoms with Crippen LogP contribution in [-0.4, -0.2) is 35.1 Å². The zero-order valence-electron chi connectivity index (χ0n) is 14.1. The number of nitrogens with one attached hydrogen (secondary N) is 2. The van der Waals surface area contributed by atoms with Gasteiger partial charge in [-0.05, 0) is 43.4 Å². The van der Waals surface area contributed by atoms with Gasteiger partial charge in [0.15, 0.2) is 11.5 Å². The number of methoxy groups -OCH3 is 1. The van der Waals surface area contributed by atoms with Gasteiger partial charge in [-0.25, -0.2) is 0 Å². The molecule has 1 fully saturated rings. The summed E-state index contributed by atoms with van der Waals surface area (Å²) in [5.41, 5.74) is 2.06. The van der Waals surface area contributed by atoms with Crippen molar-refractivity contribution in [2.24, 2.45) is 0 Å². The quantitative estimate of drug-likeness (QED) is 0.873. The van der Waals surface area contributed by atoms with Crippen LogP contribution in [-0.2, 0) is 4.79 Å². The maximum absolute atomic E-state index is 11.9. The molecule has 2 heterocycles. The number of thioether (sulfide) groups is 1. The Bertz CT molecular complexity index is 771. The molecule has 6 nitrogen and oxygen atoms in total. The summed E-state index contributed by atoms with van der Waals surface area (Å²) in [4.78, 5) is 11.9. The maximum Gasteiger partial charge on any atom is 0.235 e. The van der Waals surface area contributed by atoms with Crippen molar-refractivity contribution in [3.8, 4) is 11.5 Å². The van der Waals surface area contributed by atoms with Gasteiger partial charge in [-0.15, -0.1) is 11.8 Å². The van der Waals surface area contributed by atoms with Crippen molar-refractivity contribution in [3.05, 3.63) is 35.5 Å². The molecular formula is C18H21N3O3S. The van der Waals surface area contributed by atoms with Crippen LogP contribution in [0.25, 0.3) is 0 Å². The van der Waals surface area contributed by atoms with Crippen LogP contribution in [0.1, 0.15) is 42.1 Å². The Labute approximate surface area is 150 Å². The van der Waals surface area contributed by atoms with Crippen LogP contribution in [0.2, 0.25) is 0 Å². The van der Waals surface area contributed by atoms with E-state index in [0.29, 0.717) is 11.6 Å². The van der Waals surface area contributed by atoms with Gasteiger partial charge in [0, 0.05) is 5.56 Å². The number of amides is 1. The minimum absolute atomic E-state index is 0.0181. The van der Waals surface area contributed by atoms with Gasteiger partial charge in [0.05, 0.1) is 30.4 Å². The second-order valence-electron chi connectivity index (χ2n) is 6.37. The van der Waals surface area contributed by atoms with E-state index in [9.17, 15) is 4.79 Å². The van der Waals surface area contributed by atoms with Crippen LogP contribution >= 0.6 is 11.8 Å². The normalized spacial score (nSPS) is 20.7. The van der Waals surface area contributed by atoms with Crippen molar-refractivity contribution >= 4 is 23.5 Å². The predicted molar refractivity (Wildman–Crippen MR) is 97.4 cm³/mol. The number of carbonyl (C=O) groups excluding carboxylic acids is 1. The fourth-order valence-corrected chi connectivity index (χ4v) is 4.52. The summed E-state index contributed by atoms with van der Waals surface area (Å²) in [7, 11) is 1.66. The van der Waals surface area contributed by atoms with Crippen LogP contribution in [0.15, 0.2) is 24.4 Å². The van der Waals surface area contributed by atoms with E-state index in [-0.39, 0.29) is 17.3 Å². The minimum atomic E-state index is -0.0195. The Morgan fingerprint density at radius 1 is 1.24 bits per heavy atom. The van der Waals surface area contributed by atoms with Crippen molar-refractivity contribution in [1.82, 2.24) is 10.2 Å². The molecule has 1 aromatic heterocycles. The van der Waals surface area contributed by atoms with E-state index in [1.165, 1.54) is 12.8 Å². The molecule has 2 aromatic rings. The number of fused-ring (bicyclic) bond motifs is 1. The van der Waals surface area contributed by atoms with Crippen LogP contribution < -0.4 is 14.8 Å². The number of H-pyrrole nitrogens is 1. The van der Waals surface area contributed by atoms with Gasteiger partial charge < -0.3 is 14.8 Å². The van der Waals surface area contributed by atoms with Crippen molar-refractivity contribution in [1.29, 1.82) is 0 Å². The average Bonchev–Trinajstić information content (AvgIpc) is 3.25. The summed E-state index contributed by atoms with van der Waals surface area (Å²) >= 11 is 1.59. The van der Waals surface area contributed by atoms with Crippen molar-refractivity contribution in [3.63, 3.8) is 0 Å². The molecule has 1 aliphatic heterocycles. The van der Waals surface area contributed by atoms with Gasteiger partial charge in [0.2, 0.25) is 5.91 Å². The molecule has 2 aliphatic rings. The summed E-state index contributed by atoms with van der Waals surface area (Å²) in [6.07, 6.45) is 6.67. The van der Waals surface area contributed by atoms with Gasteiger partial charge in [-0.1, -0.05) is 6.07 Å². The molecule has 1 saturated carbocycles. The molecule has 0 spiro atoms. The first-order valence-electron chi connectivity index (χ1n) is 8.54. The Morgan fingerprint density at radius 2 is 2.08 bits per heavy atom. The minimum Gasteiger partial charge on any atom is -0.493 e. The molecule has 0 unspecified atom stereocenters. The lowest BCUT2D eigenvalue weighted by Crippen LogP contribution is -2.12. The number of ether oxygens (including phenoxy) is 2. The van der Waals surface area contributed by atoms with Crippen LogP contribution in [0.4, 0.5) is 5.82 Å². The van der Waals surface area contributed by atoms with E-state index in [2.05, 4.69) is 15.5 Å². The Morgan fingerprint density at radius 3 is 2.88 bits per heavy atom. The second kappa shape index (κ2) is 7.00. The number of nitrogens with zero attached hydrogens (tertiary/aromatic N) is 1. The lowest BCUT2D eigenvalue weighted by atomic mass is 10.1. The van der Waals surface area contributed by atoms with Gasteiger partial charge >= 0.3 is 0 Å². The third-order valence-corrected chi connectivity index (χ3v) is 5.97. The van der Waals surface area contributed by atoms with Gasteiger partial charge in [-0.3, -0.25) is 9.89 Å². The first-order valence-corrected chi connectivity index (χ1v) is 9.59.